The summed E-state index contributed by atoms with van der Waals surface area (Å²) in [4.78, 5) is 36.5. The summed E-state index contributed by atoms with van der Waals surface area (Å²) in [6.07, 6.45) is 5.91. The number of carbonyl (C=O) groups is 3. The standard InChI is InChI=1S/C24H32O6/c1-13(25)28-12-19-22-15(11-29-19)21-16(9-17(22)27)24(5)8-6-7-23(3,4)20(24)10-18(21)30-14(2)26/h11,16,18,20-21H,6-10,12H2,1-5H3/t16-,18-,20-,21-,24+/m0/s1. The first kappa shape index (κ1) is 21.1. The molecule has 0 amide bonds. The summed E-state index contributed by atoms with van der Waals surface area (Å²) in [5.41, 5.74) is 1.47. The minimum atomic E-state index is -0.420. The maximum atomic E-state index is 13.3. The maximum absolute atomic E-state index is 13.3. The molecule has 0 unspecified atom stereocenters. The lowest BCUT2D eigenvalue weighted by Crippen LogP contribution is -2.57. The van der Waals surface area contributed by atoms with Crippen molar-refractivity contribution in [3.05, 3.63) is 23.2 Å². The van der Waals surface area contributed by atoms with E-state index in [4.69, 9.17) is 13.9 Å². The van der Waals surface area contributed by atoms with E-state index in [1.807, 2.05) is 0 Å². The van der Waals surface area contributed by atoms with Crippen LogP contribution in [-0.2, 0) is 25.7 Å². The SMILES string of the molecule is CC(=O)OCc1occ2c1C(=O)C[C@H]1[C@H]2[C@@H](OC(C)=O)C[C@H]2C(C)(C)CCC[C@]12C. The van der Waals surface area contributed by atoms with Gasteiger partial charge in [0.25, 0.3) is 0 Å². The monoisotopic (exact) mass is 416 g/mol. The molecule has 2 saturated carbocycles. The highest BCUT2D eigenvalue weighted by atomic mass is 16.5. The van der Waals surface area contributed by atoms with Crippen LogP contribution >= 0.6 is 0 Å². The van der Waals surface area contributed by atoms with Crippen LogP contribution in [0.25, 0.3) is 0 Å². The third-order valence-electron chi connectivity index (χ3n) is 8.09. The van der Waals surface area contributed by atoms with Crippen LogP contribution in [0.3, 0.4) is 0 Å². The number of ether oxygens (including phenoxy) is 2. The number of esters is 2. The molecule has 0 spiro atoms. The van der Waals surface area contributed by atoms with Crippen LogP contribution in [0.2, 0.25) is 0 Å². The number of hydrogen-bond acceptors (Lipinski definition) is 6. The Morgan fingerprint density at radius 3 is 2.57 bits per heavy atom. The zero-order valence-electron chi connectivity index (χ0n) is 18.6. The van der Waals surface area contributed by atoms with Crippen LogP contribution in [-0.4, -0.2) is 23.8 Å². The summed E-state index contributed by atoms with van der Waals surface area (Å²) in [6, 6.07) is 0. The highest BCUT2D eigenvalue weighted by Gasteiger charge is 2.60. The Morgan fingerprint density at radius 2 is 1.90 bits per heavy atom. The third-order valence-corrected chi connectivity index (χ3v) is 8.09. The molecule has 3 aliphatic carbocycles. The Balaban J connectivity index is 1.78. The molecule has 2 fully saturated rings. The van der Waals surface area contributed by atoms with E-state index < -0.39 is 5.97 Å². The zero-order chi connectivity index (χ0) is 21.8. The van der Waals surface area contributed by atoms with Gasteiger partial charge in [-0.1, -0.05) is 27.2 Å². The van der Waals surface area contributed by atoms with Gasteiger partial charge in [-0.05, 0) is 41.9 Å². The highest BCUT2D eigenvalue weighted by molar-refractivity contribution is 6.00. The molecule has 0 saturated heterocycles. The molecular weight excluding hydrogens is 384 g/mol. The summed E-state index contributed by atoms with van der Waals surface area (Å²) >= 11 is 0. The summed E-state index contributed by atoms with van der Waals surface area (Å²) in [5.74, 6) is 0.113. The van der Waals surface area contributed by atoms with Gasteiger partial charge >= 0.3 is 11.9 Å². The molecule has 4 rings (SSSR count). The molecule has 1 aromatic heterocycles. The van der Waals surface area contributed by atoms with Gasteiger partial charge in [0, 0.05) is 31.7 Å². The molecule has 3 aliphatic rings. The van der Waals surface area contributed by atoms with Crippen molar-refractivity contribution in [3.63, 3.8) is 0 Å². The number of fused-ring (bicyclic) bond motifs is 5. The fraction of sp³-hybridized carbons (Fsp3) is 0.708. The van der Waals surface area contributed by atoms with Gasteiger partial charge in [0.15, 0.2) is 11.5 Å². The lowest BCUT2D eigenvalue weighted by Gasteiger charge is -2.61. The first-order valence-electron chi connectivity index (χ1n) is 11.0. The Kier molecular flexibility index (Phi) is 5.10. The molecule has 1 heterocycles. The summed E-state index contributed by atoms with van der Waals surface area (Å²) < 4.78 is 16.7. The lowest BCUT2D eigenvalue weighted by molar-refractivity contribution is -0.167. The van der Waals surface area contributed by atoms with Gasteiger partial charge in [-0.2, -0.15) is 0 Å². The van der Waals surface area contributed by atoms with Crippen molar-refractivity contribution < 1.29 is 28.3 Å². The van der Waals surface area contributed by atoms with Crippen LogP contribution in [0.1, 0.15) is 94.3 Å². The number of Topliss-reactive ketones (excluding diaryl/α,β-unsaturated/α-hetero) is 1. The van der Waals surface area contributed by atoms with Crippen LogP contribution in [0.5, 0.6) is 0 Å². The van der Waals surface area contributed by atoms with E-state index in [-0.39, 0.29) is 47.1 Å². The van der Waals surface area contributed by atoms with E-state index in [0.717, 1.165) is 31.2 Å². The van der Waals surface area contributed by atoms with Crippen LogP contribution in [0.15, 0.2) is 10.7 Å². The van der Waals surface area contributed by atoms with Crippen molar-refractivity contribution in [2.75, 3.05) is 0 Å². The Labute approximate surface area is 177 Å². The average molecular weight is 417 g/mol. The van der Waals surface area contributed by atoms with Crippen molar-refractivity contribution in [1.29, 1.82) is 0 Å². The highest BCUT2D eigenvalue weighted by Crippen LogP contribution is 2.65. The second-order valence-corrected chi connectivity index (χ2v) is 10.3. The number of furan rings is 1. The van der Waals surface area contributed by atoms with E-state index in [1.165, 1.54) is 13.8 Å². The molecule has 30 heavy (non-hydrogen) atoms. The van der Waals surface area contributed by atoms with Crippen molar-refractivity contribution in [2.45, 2.75) is 85.4 Å². The van der Waals surface area contributed by atoms with Gasteiger partial charge in [0.05, 0.1) is 11.8 Å². The second-order valence-electron chi connectivity index (χ2n) is 10.3. The minimum absolute atomic E-state index is 0.00370. The smallest absolute Gasteiger partial charge is 0.303 e. The molecule has 0 bridgehead atoms. The fourth-order valence-electron chi connectivity index (χ4n) is 6.91. The Morgan fingerprint density at radius 1 is 1.17 bits per heavy atom. The average Bonchev–Trinajstić information content (AvgIpc) is 3.06. The second kappa shape index (κ2) is 7.24. The van der Waals surface area contributed by atoms with Crippen molar-refractivity contribution in [3.8, 4) is 0 Å². The largest absolute Gasteiger partial charge is 0.465 e. The van der Waals surface area contributed by atoms with Gasteiger partial charge < -0.3 is 13.9 Å². The predicted octanol–water partition coefficient (Wildman–Crippen LogP) is 4.80. The zero-order valence-corrected chi connectivity index (χ0v) is 18.6. The van der Waals surface area contributed by atoms with Gasteiger partial charge in [-0.15, -0.1) is 0 Å². The van der Waals surface area contributed by atoms with Crippen molar-refractivity contribution >= 4 is 17.7 Å². The van der Waals surface area contributed by atoms with E-state index in [1.54, 1.807) is 6.26 Å². The topological polar surface area (TPSA) is 82.8 Å². The molecule has 1 aromatic rings. The van der Waals surface area contributed by atoms with Crippen molar-refractivity contribution in [2.24, 2.45) is 22.7 Å². The molecule has 5 atom stereocenters. The van der Waals surface area contributed by atoms with E-state index in [0.29, 0.717) is 23.7 Å². The van der Waals surface area contributed by atoms with Crippen LogP contribution < -0.4 is 0 Å². The summed E-state index contributed by atoms with van der Waals surface area (Å²) in [5, 5.41) is 0. The molecular formula is C24H32O6. The van der Waals surface area contributed by atoms with E-state index >= 15 is 0 Å². The summed E-state index contributed by atoms with van der Waals surface area (Å²) in [6.45, 7) is 9.68. The molecule has 0 radical (unpaired) electrons. The van der Waals surface area contributed by atoms with Crippen molar-refractivity contribution in [1.82, 2.24) is 0 Å². The third kappa shape index (κ3) is 3.28. The molecule has 0 N–H and O–H groups in total. The van der Waals surface area contributed by atoms with Crippen LogP contribution in [0, 0.1) is 22.7 Å². The maximum Gasteiger partial charge on any atom is 0.303 e. The number of ketones is 1. The van der Waals surface area contributed by atoms with Gasteiger partial charge in [0.2, 0.25) is 0 Å². The quantitative estimate of drug-likeness (QED) is 0.659. The van der Waals surface area contributed by atoms with Gasteiger partial charge in [0.1, 0.15) is 12.7 Å². The number of rotatable bonds is 3. The first-order valence-corrected chi connectivity index (χ1v) is 11.0. The lowest BCUT2D eigenvalue weighted by atomic mass is 9.43. The summed E-state index contributed by atoms with van der Waals surface area (Å²) in [7, 11) is 0. The Bertz CT molecular complexity index is 880. The first-order chi connectivity index (χ1) is 14.0. The minimum Gasteiger partial charge on any atom is -0.465 e. The fourth-order valence-corrected chi connectivity index (χ4v) is 6.91. The van der Waals surface area contributed by atoms with E-state index in [9.17, 15) is 14.4 Å². The number of hydrogen-bond donors (Lipinski definition) is 0. The Hall–Kier alpha value is -2.11. The van der Waals surface area contributed by atoms with Gasteiger partial charge in [-0.25, -0.2) is 0 Å². The molecule has 164 valence electrons. The molecule has 6 nitrogen and oxygen atoms in total. The molecule has 0 aliphatic heterocycles. The molecule has 0 aromatic carbocycles. The predicted molar refractivity (Wildman–Crippen MR) is 109 cm³/mol. The number of carbonyl (C=O) groups excluding carboxylic acids is 3. The van der Waals surface area contributed by atoms with Gasteiger partial charge in [-0.3, -0.25) is 14.4 Å². The van der Waals surface area contributed by atoms with E-state index in [2.05, 4.69) is 20.8 Å². The van der Waals surface area contributed by atoms with Crippen LogP contribution in [0.4, 0.5) is 0 Å². The normalized spacial score (nSPS) is 34.4. The molecule has 6 heteroatoms.